The third kappa shape index (κ3) is 2.80. The summed E-state index contributed by atoms with van der Waals surface area (Å²) in [5.41, 5.74) is 2.59. The molecule has 0 spiro atoms. The first kappa shape index (κ1) is 15.8. The Balaban J connectivity index is 1.48. The first-order valence-corrected chi connectivity index (χ1v) is 8.52. The fourth-order valence-electron chi connectivity index (χ4n) is 3.54. The number of hydrogen-bond acceptors (Lipinski definition) is 2. The van der Waals surface area contributed by atoms with E-state index in [1.165, 1.54) is 6.07 Å². The van der Waals surface area contributed by atoms with E-state index >= 15 is 0 Å². The number of para-hydroxylation sites is 2. The minimum Gasteiger partial charge on any atom is -0.346 e. The highest BCUT2D eigenvalue weighted by Gasteiger charge is 2.45. The Morgan fingerprint density at radius 2 is 1.96 bits per heavy atom. The highest BCUT2D eigenvalue weighted by atomic mass is 19.1. The van der Waals surface area contributed by atoms with E-state index in [-0.39, 0.29) is 29.6 Å². The molecule has 2 aromatic carbocycles. The molecular formula is C20H20FN3O. The van der Waals surface area contributed by atoms with E-state index < -0.39 is 0 Å². The Labute approximate surface area is 145 Å². The highest BCUT2D eigenvalue weighted by molar-refractivity contribution is 5.83. The van der Waals surface area contributed by atoms with Gasteiger partial charge in [-0.15, -0.1) is 0 Å². The Kier molecular flexibility index (Phi) is 3.79. The minimum absolute atomic E-state index is 0.0196. The van der Waals surface area contributed by atoms with Gasteiger partial charge >= 0.3 is 0 Å². The lowest BCUT2D eigenvalue weighted by Gasteiger charge is -2.14. The van der Waals surface area contributed by atoms with Crippen LogP contribution in [0.1, 0.15) is 36.7 Å². The molecule has 1 fully saturated rings. The third-order valence-corrected chi connectivity index (χ3v) is 5.00. The quantitative estimate of drug-likeness (QED) is 0.789. The molecule has 0 unspecified atom stereocenters. The number of benzene rings is 2. The number of imidazole rings is 1. The summed E-state index contributed by atoms with van der Waals surface area (Å²) in [6, 6.07) is 14.4. The number of fused-ring (bicyclic) bond motifs is 1. The molecule has 0 aliphatic heterocycles. The summed E-state index contributed by atoms with van der Waals surface area (Å²) in [7, 11) is 1.95. The van der Waals surface area contributed by atoms with E-state index in [0.717, 1.165) is 16.9 Å². The van der Waals surface area contributed by atoms with Crippen LogP contribution in [0.15, 0.2) is 48.5 Å². The molecule has 1 aliphatic rings. The maximum atomic E-state index is 13.9. The molecule has 4 nitrogen and oxygen atoms in total. The van der Waals surface area contributed by atoms with Crippen LogP contribution in [0, 0.1) is 11.7 Å². The SMILES string of the molecule is C[C@H](NC(=O)[C@@H]1C[C@H]1c1ccccc1F)c1nc2ccccc2n1C. The molecule has 0 bridgehead atoms. The number of carbonyl (C=O) groups excluding carboxylic acids is 1. The van der Waals surface area contributed by atoms with Gasteiger partial charge in [0.1, 0.15) is 11.6 Å². The number of nitrogens with one attached hydrogen (secondary N) is 1. The van der Waals surface area contributed by atoms with Crippen molar-refractivity contribution in [3.8, 4) is 0 Å². The fraction of sp³-hybridized carbons (Fsp3) is 0.300. The average Bonchev–Trinajstić information content (AvgIpc) is 3.33. The van der Waals surface area contributed by atoms with Crippen LogP contribution in [0.5, 0.6) is 0 Å². The molecule has 1 aromatic heterocycles. The van der Waals surface area contributed by atoms with Gasteiger partial charge in [-0.25, -0.2) is 9.37 Å². The molecule has 128 valence electrons. The molecule has 3 aromatic rings. The largest absolute Gasteiger partial charge is 0.346 e. The zero-order valence-electron chi connectivity index (χ0n) is 14.2. The number of carbonyl (C=O) groups is 1. The standard InChI is InChI=1S/C20H20FN3O/c1-12(19-23-17-9-5-6-10-18(17)24(19)2)22-20(25)15-11-14(15)13-7-3-4-8-16(13)21/h3-10,12,14-15H,11H2,1-2H3,(H,22,25)/t12-,14-,15+/m0/s1. The summed E-state index contributed by atoms with van der Waals surface area (Å²) in [5, 5.41) is 3.03. The summed E-state index contributed by atoms with van der Waals surface area (Å²) in [4.78, 5) is 17.2. The zero-order chi connectivity index (χ0) is 17.6. The fourth-order valence-corrected chi connectivity index (χ4v) is 3.54. The van der Waals surface area contributed by atoms with Crippen molar-refractivity contribution in [1.82, 2.24) is 14.9 Å². The van der Waals surface area contributed by atoms with Gasteiger partial charge in [-0.3, -0.25) is 4.79 Å². The Morgan fingerprint density at radius 1 is 1.24 bits per heavy atom. The molecule has 1 N–H and O–H groups in total. The molecule has 1 amide bonds. The van der Waals surface area contributed by atoms with Gasteiger partial charge in [-0.05, 0) is 43.0 Å². The molecular weight excluding hydrogens is 317 g/mol. The third-order valence-electron chi connectivity index (χ3n) is 5.00. The predicted molar refractivity (Wildman–Crippen MR) is 94.5 cm³/mol. The highest BCUT2D eigenvalue weighted by Crippen LogP contribution is 2.48. The van der Waals surface area contributed by atoms with Crippen molar-refractivity contribution in [1.29, 1.82) is 0 Å². The second-order valence-corrected chi connectivity index (χ2v) is 6.72. The van der Waals surface area contributed by atoms with Gasteiger partial charge in [0, 0.05) is 13.0 Å². The first-order chi connectivity index (χ1) is 12.1. The summed E-state index contributed by atoms with van der Waals surface area (Å²) in [5.74, 6) is 0.375. The Hall–Kier alpha value is -2.69. The maximum Gasteiger partial charge on any atom is 0.224 e. The molecule has 3 atom stereocenters. The van der Waals surface area contributed by atoms with Crippen LogP contribution in [0.2, 0.25) is 0 Å². The number of amides is 1. The van der Waals surface area contributed by atoms with Crippen molar-refractivity contribution in [3.05, 3.63) is 65.7 Å². The van der Waals surface area contributed by atoms with Crippen LogP contribution >= 0.6 is 0 Å². The van der Waals surface area contributed by atoms with Crippen LogP contribution in [0.25, 0.3) is 11.0 Å². The molecule has 1 saturated carbocycles. The number of hydrogen-bond donors (Lipinski definition) is 1. The van der Waals surface area contributed by atoms with Gasteiger partial charge in [0.2, 0.25) is 5.91 Å². The zero-order valence-corrected chi connectivity index (χ0v) is 14.2. The van der Waals surface area contributed by atoms with E-state index in [4.69, 9.17) is 0 Å². The van der Waals surface area contributed by atoms with E-state index in [0.29, 0.717) is 12.0 Å². The lowest BCUT2D eigenvalue weighted by molar-refractivity contribution is -0.123. The van der Waals surface area contributed by atoms with Crippen molar-refractivity contribution in [2.75, 3.05) is 0 Å². The van der Waals surface area contributed by atoms with Crippen LogP contribution in [-0.2, 0) is 11.8 Å². The lowest BCUT2D eigenvalue weighted by Crippen LogP contribution is -2.30. The Bertz CT molecular complexity index is 949. The normalized spacial score (nSPS) is 20.4. The molecule has 25 heavy (non-hydrogen) atoms. The van der Waals surface area contributed by atoms with Gasteiger partial charge in [-0.1, -0.05) is 30.3 Å². The van der Waals surface area contributed by atoms with Crippen molar-refractivity contribution in [3.63, 3.8) is 0 Å². The predicted octanol–water partition coefficient (Wildman–Crippen LogP) is 3.69. The van der Waals surface area contributed by atoms with E-state index in [1.807, 2.05) is 48.9 Å². The van der Waals surface area contributed by atoms with Crippen molar-refractivity contribution >= 4 is 16.9 Å². The summed E-state index contributed by atoms with van der Waals surface area (Å²) < 4.78 is 15.9. The van der Waals surface area contributed by atoms with Crippen LogP contribution in [0.4, 0.5) is 4.39 Å². The summed E-state index contributed by atoms with van der Waals surface area (Å²) in [6.07, 6.45) is 0.696. The number of aryl methyl sites for hydroxylation is 1. The molecule has 4 rings (SSSR count). The molecule has 1 heterocycles. The summed E-state index contributed by atoms with van der Waals surface area (Å²) in [6.45, 7) is 1.93. The number of aromatic nitrogens is 2. The average molecular weight is 337 g/mol. The first-order valence-electron chi connectivity index (χ1n) is 8.52. The van der Waals surface area contributed by atoms with Crippen molar-refractivity contribution < 1.29 is 9.18 Å². The van der Waals surface area contributed by atoms with E-state index in [9.17, 15) is 9.18 Å². The maximum absolute atomic E-state index is 13.9. The number of halogens is 1. The molecule has 0 saturated heterocycles. The second kappa shape index (κ2) is 5.99. The number of nitrogens with zero attached hydrogens (tertiary/aromatic N) is 2. The lowest BCUT2D eigenvalue weighted by atomic mass is 10.1. The van der Waals surface area contributed by atoms with Gasteiger partial charge in [0.05, 0.1) is 17.1 Å². The van der Waals surface area contributed by atoms with Gasteiger partial charge in [0.25, 0.3) is 0 Å². The van der Waals surface area contributed by atoms with Crippen molar-refractivity contribution in [2.45, 2.75) is 25.3 Å². The smallest absolute Gasteiger partial charge is 0.224 e. The van der Waals surface area contributed by atoms with E-state index in [2.05, 4.69) is 10.3 Å². The molecule has 0 radical (unpaired) electrons. The second-order valence-electron chi connectivity index (χ2n) is 6.72. The van der Waals surface area contributed by atoms with Gasteiger partial charge in [-0.2, -0.15) is 0 Å². The monoisotopic (exact) mass is 337 g/mol. The Morgan fingerprint density at radius 3 is 2.72 bits per heavy atom. The van der Waals surface area contributed by atoms with Crippen LogP contribution < -0.4 is 5.32 Å². The minimum atomic E-state index is -0.230. The molecule has 5 heteroatoms. The topological polar surface area (TPSA) is 46.9 Å². The van der Waals surface area contributed by atoms with Gasteiger partial charge in [0.15, 0.2) is 0 Å². The number of rotatable bonds is 4. The van der Waals surface area contributed by atoms with Crippen molar-refractivity contribution in [2.24, 2.45) is 13.0 Å². The molecule has 1 aliphatic carbocycles. The van der Waals surface area contributed by atoms with E-state index in [1.54, 1.807) is 12.1 Å². The summed E-state index contributed by atoms with van der Waals surface area (Å²) >= 11 is 0. The van der Waals surface area contributed by atoms with Gasteiger partial charge < -0.3 is 9.88 Å². The van der Waals surface area contributed by atoms with Crippen LogP contribution in [-0.4, -0.2) is 15.5 Å². The van der Waals surface area contributed by atoms with Crippen LogP contribution in [0.3, 0.4) is 0 Å².